The van der Waals surface area contributed by atoms with Crippen LogP contribution in [0.2, 0.25) is 0 Å². The first-order valence-electron chi connectivity index (χ1n) is 11.2. The van der Waals surface area contributed by atoms with Gasteiger partial charge in [-0.15, -0.1) is 24.0 Å². The fourth-order valence-corrected chi connectivity index (χ4v) is 5.10. The standard InChI is InChI=1S/C23H33N5O2.HI/c1-24-22(28-13-11-23(17-28)9-3-2-4-10-23)26-15-18-5-7-19(8-6-18)21(30)27-14-12-25-20(29)16-27;/h5-8H,2-4,9-17H2,1H3,(H,24,26)(H,25,29);1H. The maximum absolute atomic E-state index is 12.6. The second-order valence-corrected chi connectivity index (χ2v) is 8.91. The third kappa shape index (κ3) is 5.70. The molecule has 1 aromatic carbocycles. The monoisotopic (exact) mass is 539 g/mol. The average molecular weight is 539 g/mol. The fraction of sp³-hybridized carbons (Fsp3) is 0.609. The maximum Gasteiger partial charge on any atom is 0.254 e. The van der Waals surface area contributed by atoms with E-state index in [4.69, 9.17) is 0 Å². The number of likely N-dealkylation sites (tertiary alicyclic amines) is 1. The molecule has 0 radical (unpaired) electrons. The summed E-state index contributed by atoms with van der Waals surface area (Å²) in [4.78, 5) is 32.6. The molecule has 7 nitrogen and oxygen atoms in total. The molecule has 4 rings (SSSR count). The summed E-state index contributed by atoms with van der Waals surface area (Å²) in [5, 5.41) is 6.24. The molecule has 0 bridgehead atoms. The number of hydrogen-bond acceptors (Lipinski definition) is 3. The van der Waals surface area contributed by atoms with Crippen molar-refractivity contribution in [2.24, 2.45) is 10.4 Å². The first-order chi connectivity index (χ1) is 14.6. The molecule has 8 heteroatoms. The van der Waals surface area contributed by atoms with E-state index < -0.39 is 0 Å². The maximum atomic E-state index is 12.6. The molecule has 0 unspecified atom stereocenters. The van der Waals surface area contributed by atoms with Crippen molar-refractivity contribution in [3.63, 3.8) is 0 Å². The Hall–Kier alpha value is -1.84. The van der Waals surface area contributed by atoms with E-state index in [1.807, 2.05) is 31.3 Å². The molecular formula is C23H34IN5O2. The minimum absolute atomic E-state index is 0. The van der Waals surface area contributed by atoms with Gasteiger partial charge < -0.3 is 20.4 Å². The van der Waals surface area contributed by atoms with Crippen LogP contribution in [-0.4, -0.2) is 67.3 Å². The van der Waals surface area contributed by atoms with E-state index in [-0.39, 0.29) is 42.3 Å². The Morgan fingerprint density at radius 3 is 2.52 bits per heavy atom. The van der Waals surface area contributed by atoms with Crippen molar-refractivity contribution in [3.8, 4) is 0 Å². The zero-order valence-electron chi connectivity index (χ0n) is 18.4. The van der Waals surface area contributed by atoms with Crippen molar-refractivity contribution in [2.45, 2.75) is 45.1 Å². The Bertz CT molecular complexity index is 805. The van der Waals surface area contributed by atoms with E-state index >= 15 is 0 Å². The number of amides is 2. The number of rotatable bonds is 3. The fourth-order valence-electron chi connectivity index (χ4n) is 5.10. The number of nitrogens with zero attached hydrogens (tertiary/aromatic N) is 3. The van der Waals surface area contributed by atoms with Crippen LogP contribution >= 0.6 is 24.0 Å². The highest BCUT2D eigenvalue weighted by Gasteiger charge is 2.39. The molecular weight excluding hydrogens is 505 g/mol. The normalized spacial score (nSPS) is 20.9. The predicted molar refractivity (Wildman–Crippen MR) is 133 cm³/mol. The van der Waals surface area contributed by atoms with Crippen LogP contribution < -0.4 is 10.6 Å². The Morgan fingerprint density at radius 2 is 1.84 bits per heavy atom. The lowest BCUT2D eigenvalue weighted by atomic mass is 9.73. The molecule has 1 spiro atoms. The quantitative estimate of drug-likeness (QED) is 0.352. The Morgan fingerprint density at radius 1 is 1.10 bits per heavy atom. The van der Waals surface area contributed by atoms with Crippen LogP contribution in [0.15, 0.2) is 29.3 Å². The lowest BCUT2D eigenvalue weighted by Crippen LogP contribution is -2.49. The van der Waals surface area contributed by atoms with Gasteiger partial charge in [0.1, 0.15) is 0 Å². The summed E-state index contributed by atoms with van der Waals surface area (Å²) in [6.45, 7) is 4.08. The third-order valence-corrected chi connectivity index (χ3v) is 6.84. The van der Waals surface area contributed by atoms with Gasteiger partial charge in [0.15, 0.2) is 5.96 Å². The van der Waals surface area contributed by atoms with Gasteiger partial charge in [-0.25, -0.2) is 0 Å². The second-order valence-electron chi connectivity index (χ2n) is 8.91. The largest absolute Gasteiger partial charge is 0.353 e. The van der Waals surface area contributed by atoms with E-state index in [0.29, 0.717) is 30.6 Å². The molecule has 2 amide bonds. The summed E-state index contributed by atoms with van der Waals surface area (Å²) in [6.07, 6.45) is 8.11. The highest BCUT2D eigenvalue weighted by atomic mass is 127. The average Bonchev–Trinajstić information content (AvgIpc) is 3.17. The number of benzene rings is 1. The molecule has 3 fully saturated rings. The van der Waals surface area contributed by atoms with E-state index in [2.05, 4.69) is 20.5 Å². The van der Waals surface area contributed by atoms with Crippen molar-refractivity contribution in [2.75, 3.05) is 39.8 Å². The van der Waals surface area contributed by atoms with Gasteiger partial charge in [-0.3, -0.25) is 14.6 Å². The third-order valence-electron chi connectivity index (χ3n) is 6.84. The van der Waals surface area contributed by atoms with Gasteiger partial charge in [-0.05, 0) is 42.4 Å². The SMILES string of the molecule is CN=C(NCc1ccc(C(=O)N2CCNC(=O)C2)cc1)N1CCC2(CCCCC2)C1.I. The first-order valence-corrected chi connectivity index (χ1v) is 11.2. The Kier molecular flexibility index (Phi) is 8.18. The molecule has 3 aliphatic rings. The van der Waals surface area contributed by atoms with Crippen LogP contribution in [0, 0.1) is 5.41 Å². The van der Waals surface area contributed by atoms with Crippen molar-refractivity contribution in [3.05, 3.63) is 35.4 Å². The lowest BCUT2D eigenvalue weighted by Gasteiger charge is -2.33. The van der Waals surface area contributed by atoms with Crippen LogP contribution in [0.3, 0.4) is 0 Å². The Balaban J connectivity index is 0.00000272. The van der Waals surface area contributed by atoms with E-state index in [1.165, 1.54) is 38.5 Å². The Labute approximate surface area is 202 Å². The molecule has 2 heterocycles. The number of hydrogen-bond donors (Lipinski definition) is 2. The van der Waals surface area contributed by atoms with Crippen molar-refractivity contribution < 1.29 is 9.59 Å². The molecule has 0 atom stereocenters. The summed E-state index contributed by atoms with van der Waals surface area (Å²) in [5.41, 5.74) is 2.23. The molecule has 170 valence electrons. The number of aliphatic imine (C=N–C) groups is 1. The molecule has 31 heavy (non-hydrogen) atoms. The summed E-state index contributed by atoms with van der Waals surface area (Å²) in [6, 6.07) is 7.65. The molecule has 0 aromatic heterocycles. The van der Waals surface area contributed by atoms with Crippen LogP contribution in [0.25, 0.3) is 0 Å². The predicted octanol–water partition coefficient (Wildman–Crippen LogP) is 2.61. The van der Waals surface area contributed by atoms with Crippen LogP contribution in [0.5, 0.6) is 0 Å². The van der Waals surface area contributed by atoms with Gasteiger partial charge in [0.2, 0.25) is 5.91 Å². The van der Waals surface area contributed by atoms with Crippen LogP contribution in [0.1, 0.15) is 54.4 Å². The topological polar surface area (TPSA) is 77.0 Å². The van der Waals surface area contributed by atoms with Gasteiger partial charge >= 0.3 is 0 Å². The molecule has 1 saturated carbocycles. The number of carbonyl (C=O) groups is 2. The van der Waals surface area contributed by atoms with E-state index in [0.717, 1.165) is 24.6 Å². The summed E-state index contributed by atoms with van der Waals surface area (Å²) in [7, 11) is 1.85. The molecule has 1 aromatic rings. The van der Waals surface area contributed by atoms with Gasteiger partial charge in [-0.2, -0.15) is 0 Å². The van der Waals surface area contributed by atoms with Gasteiger partial charge in [-0.1, -0.05) is 31.4 Å². The minimum atomic E-state index is -0.0984. The van der Waals surface area contributed by atoms with Gasteiger partial charge in [0.25, 0.3) is 5.91 Å². The lowest BCUT2D eigenvalue weighted by molar-refractivity contribution is -0.123. The van der Waals surface area contributed by atoms with Crippen molar-refractivity contribution >= 4 is 41.8 Å². The second kappa shape index (κ2) is 10.7. The van der Waals surface area contributed by atoms with Gasteiger partial charge in [0.05, 0.1) is 6.54 Å². The first kappa shape index (κ1) is 23.8. The molecule has 2 aliphatic heterocycles. The zero-order chi connectivity index (χ0) is 21.0. The van der Waals surface area contributed by atoms with Crippen LogP contribution in [0.4, 0.5) is 0 Å². The van der Waals surface area contributed by atoms with Crippen LogP contribution in [-0.2, 0) is 11.3 Å². The van der Waals surface area contributed by atoms with E-state index in [1.54, 1.807) is 4.90 Å². The molecule has 1 aliphatic carbocycles. The molecule has 2 saturated heterocycles. The smallest absolute Gasteiger partial charge is 0.254 e. The number of nitrogens with one attached hydrogen (secondary N) is 2. The summed E-state index contributed by atoms with van der Waals surface area (Å²) < 4.78 is 0. The minimum Gasteiger partial charge on any atom is -0.353 e. The number of halogens is 1. The van der Waals surface area contributed by atoms with Gasteiger partial charge in [0, 0.05) is 45.3 Å². The highest BCUT2D eigenvalue weighted by molar-refractivity contribution is 14.0. The molecule has 2 N–H and O–H groups in total. The number of guanidine groups is 1. The number of carbonyl (C=O) groups excluding carboxylic acids is 2. The van der Waals surface area contributed by atoms with E-state index in [9.17, 15) is 9.59 Å². The summed E-state index contributed by atoms with van der Waals surface area (Å²) >= 11 is 0. The van der Waals surface area contributed by atoms with Crippen molar-refractivity contribution in [1.29, 1.82) is 0 Å². The number of piperazine rings is 1. The highest BCUT2D eigenvalue weighted by Crippen LogP contribution is 2.43. The summed E-state index contributed by atoms with van der Waals surface area (Å²) in [5.74, 6) is 0.783. The zero-order valence-corrected chi connectivity index (χ0v) is 20.7. The van der Waals surface area contributed by atoms with Crippen molar-refractivity contribution in [1.82, 2.24) is 20.4 Å².